The number of carboxylic acids is 1. The summed E-state index contributed by atoms with van der Waals surface area (Å²) in [6, 6.07) is -0.603. The lowest BCUT2D eigenvalue weighted by Gasteiger charge is -2.23. The van der Waals surface area contributed by atoms with Gasteiger partial charge in [0.25, 0.3) is 0 Å². The molecule has 2 N–H and O–H groups in total. The first-order valence-corrected chi connectivity index (χ1v) is 6.35. The second kappa shape index (κ2) is 6.67. The number of halogens is 3. The summed E-state index contributed by atoms with van der Waals surface area (Å²) in [6.07, 6.45) is -1.72. The molecule has 1 rings (SSSR count). The zero-order chi connectivity index (χ0) is 17.1. The van der Waals surface area contributed by atoms with Crippen LogP contribution in [0.25, 0.3) is 0 Å². The van der Waals surface area contributed by atoms with Gasteiger partial charge in [0, 0.05) is 11.6 Å². The smallest absolute Gasteiger partial charge is 0.408 e. The summed E-state index contributed by atoms with van der Waals surface area (Å²) in [5.74, 6) is -5.28. The van der Waals surface area contributed by atoms with Crippen molar-refractivity contribution >= 4 is 12.1 Å². The van der Waals surface area contributed by atoms with Crippen LogP contribution in [0.4, 0.5) is 18.0 Å². The molecule has 0 aromatic heterocycles. The monoisotopic (exact) mass is 319 g/mol. The van der Waals surface area contributed by atoms with Crippen LogP contribution in [0.15, 0.2) is 12.1 Å². The number of benzene rings is 1. The van der Waals surface area contributed by atoms with Crippen molar-refractivity contribution in [1.29, 1.82) is 0 Å². The van der Waals surface area contributed by atoms with Gasteiger partial charge in [0.15, 0.2) is 11.6 Å². The summed E-state index contributed by atoms with van der Waals surface area (Å²) >= 11 is 0. The van der Waals surface area contributed by atoms with Gasteiger partial charge in [-0.2, -0.15) is 0 Å². The topological polar surface area (TPSA) is 75.6 Å². The van der Waals surface area contributed by atoms with Crippen molar-refractivity contribution in [2.45, 2.75) is 38.8 Å². The van der Waals surface area contributed by atoms with E-state index in [1.54, 1.807) is 20.8 Å². The van der Waals surface area contributed by atoms with E-state index in [1.807, 2.05) is 0 Å². The summed E-state index contributed by atoms with van der Waals surface area (Å²) in [4.78, 5) is 22.5. The Morgan fingerprint density at radius 1 is 1.18 bits per heavy atom. The predicted molar refractivity (Wildman–Crippen MR) is 70.7 cm³/mol. The molecule has 8 heteroatoms. The molecule has 1 aromatic carbocycles. The molecule has 0 radical (unpaired) electrons. The minimum absolute atomic E-state index is 0.288. The van der Waals surface area contributed by atoms with Crippen LogP contribution in [0.3, 0.4) is 0 Å². The van der Waals surface area contributed by atoms with Crippen molar-refractivity contribution in [3.05, 3.63) is 35.1 Å². The second-order valence-electron chi connectivity index (χ2n) is 5.58. The van der Waals surface area contributed by atoms with Crippen LogP contribution in [-0.4, -0.2) is 22.8 Å². The molecule has 0 saturated heterocycles. The number of hydrogen-bond acceptors (Lipinski definition) is 3. The van der Waals surface area contributed by atoms with Crippen LogP contribution >= 0.6 is 0 Å². The van der Waals surface area contributed by atoms with Gasteiger partial charge in [-0.3, -0.25) is 4.79 Å². The Bertz CT molecular complexity index is 584. The summed E-state index contributed by atoms with van der Waals surface area (Å²) in [6.45, 7) is 4.74. The Morgan fingerprint density at radius 3 is 2.23 bits per heavy atom. The van der Waals surface area contributed by atoms with Crippen LogP contribution in [0.2, 0.25) is 0 Å². The van der Waals surface area contributed by atoms with Gasteiger partial charge >= 0.3 is 12.1 Å². The first-order valence-electron chi connectivity index (χ1n) is 6.35. The number of aliphatic carboxylic acids is 1. The van der Waals surface area contributed by atoms with Gasteiger partial charge < -0.3 is 15.2 Å². The number of ether oxygens (including phenoxy) is 1. The van der Waals surface area contributed by atoms with Crippen molar-refractivity contribution in [1.82, 2.24) is 5.32 Å². The van der Waals surface area contributed by atoms with Gasteiger partial charge in [-0.05, 0) is 26.8 Å². The lowest BCUT2D eigenvalue weighted by atomic mass is 10.0. The zero-order valence-electron chi connectivity index (χ0n) is 12.2. The average molecular weight is 319 g/mol. The van der Waals surface area contributed by atoms with Crippen LogP contribution in [0, 0.1) is 17.5 Å². The van der Waals surface area contributed by atoms with Gasteiger partial charge in [-0.25, -0.2) is 18.0 Å². The number of hydrogen-bond donors (Lipinski definition) is 2. The number of rotatable bonds is 4. The highest BCUT2D eigenvalue weighted by atomic mass is 19.2. The van der Waals surface area contributed by atoms with E-state index in [1.165, 1.54) is 0 Å². The number of carboxylic acid groups (broad SMARTS) is 1. The van der Waals surface area contributed by atoms with Crippen LogP contribution in [0.5, 0.6) is 0 Å². The number of carbonyl (C=O) groups excluding carboxylic acids is 1. The molecule has 5 nitrogen and oxygen atoms in total. The maximum absolute atomic E-state index is 13.7. The van der Waals surface area contributed by atoms with E-state index in [2.05, 4.69) is 5.32 Å². The maximum atomic E-state index is 13.7. The highest BCUT2D eigenvalue weighted by molar-refractivity contribution is 5.72. The van der Waals surface area contributed by atoms with Crippen molar-refractivity contribution in [2.24, 2.45) is 0 Å². The van der Waals surface area contributed by atoms with E-state index in [0.717, 1.165) is 0 Å². The van der Waals surface area contributed by atoms with Gasteiger partial charge in [0.1, 0.15) is 11.4 Å². The van der Waals surface area contributed by atoms with Crippen LogP contribution < -0.4 is 5.32 Å². The van der Waals surface area contributed by atoms with Gasteiger partial charge in [-0.1, -0.05) is 0 Å². The highest BCUT2D eigenvalue weighted by Crippen LogP contribution is 2.23. The summed E-state index contributed by atoms with van der Waals surface area (Å²) in [5.41, 5.74) is -1.34. The zero-order valence-corrected chi connectivity index (χ0v) is 12.2. The molecule has 0 saturated carbocycles. The molecule has 0 aliphatic heterocycles. The van der Waals surface area contributed by atoms with Crippen molar-refractivity contribution in [3.63, 3.8) is 0 Å². The molecule has 0 fully saturated rings. The van der Waals surface area contributed by atoms with E-state index >= 15 is 0 Å². The molecule has 0 heterocycles. The van der Waals surface area contributed by atoms with E-state index in [4.69, 9.17) is 9.84 Å². The predicted octanol–water partition coefficient (Wildman–Crippen LogP) is 3.14. The Hall–Kier alpha value is -2.25. The quantitative estimate of drug-likeness (QED) is 0.836. The van der Waals surface area contributed by atoms with Crippen LogP contribution in [0.1, 0.15) is 38.8 Å². The molecule has 0 spiro atoms. The fraction of sp³-hybridized carbons (Fsp3) is 0.429. The molecule has 122 valence electrons. The van der Waals surface area contributed by atoms with Gasteiger partial charge in [0.05, 0.1) is 12.5 Å². The molecule has 22 heavy (non-hydrogen) atoms. The lowest BCUT2D eigenvalue weighted by Crippen LogP contribution is -2.36. The summed E-state index contributed by atoms with van der Waals surface area (Å²) in [5, 5.41) is 11.0. The Kier molecular flexibility index (Phi) is 5.40. The normalized spacial score (nSPS) is 12.6. The number of amides is 1. The largest absolute Gasteiger partial charge is 0.481 e. The number of carbonyl (C=O) groups is 2. The lowest BCUT2D eigenvalue weighted by molar-refractivity contribution is -0.137. The molecule has 0 aliphatic rings. The van der Waals surface area contributed by atoms with E-state index in [-0.39, 0.29) is 6.07 Å². The first-order chi connectivity index (χ1) is 9.99. The molecule has 1 amide bonds. The molecular formula is C14H16F3NO4. The third-order valence-corrected chi connectivity index (χ3v) is 2.48. The fourth-order valence-corrected chi connectivity index (χ4v) is 1.67. The third kappa shape index (κ3) is 5.27. The molecular weight excluding hydrogens is 303 g/mol. The van der Waals surface area contributed by atoms with Crippen molar-refractivity contribution < 1.29 is 32.6 Å². The number of alkyl carbamates (subject to hydrolysis) is 1. The van der Waals surface area contributed by atoms with Crippen molar-refractivity contribution in [2.75, 3.05) is 0 Å². The summed E-state index contributed by atoms with van der Waals surface area (Å²) < 4.78 is 44.8. The summed E-state index contributed by atoms with van der Waals surface area (Å²) in [7, 11) is 0. The van der Waals surface area contributed by atoms with Gasteiger partial charge in [-0.15, -0.1) is 0 Å². The Labute approximate surface area is 125 Å². The fourth-order valence-electron chi connectivity index (χ4n) is 1.67. The van der Waals surface area contributed by atoms with Crippen molar-refractivity contribution in [3.8, 4) is 0 Å². The van der Waals surface area contributed by atoms with E-state index in [9.17, 15) is 22.8 Å². The standard InChI is InChI=1S/C14H16F3NO4/c1-14(2,3)22-13(21)18-11(6-12(19)20)7-4-9(16)10(17)5-8(7)15/h4-5,11H,6H2,1-3H3,(H,18,21)(H,19,20)/t11-/m1/s1. The minimum Gasteiger partial charge on any atom is -0.481 e. The van der Waals surface area contributed by atoms with Gasteiger partial charge in [0.2, 0.25) is 0 Å². The number of nitrogens with one attached hydrogen (secondary N) is 1. The van der Waals surface area contributed by atoms with E-state index < -0.39 is 53.1 Å². The minimum atomic E-state index is -1.41. The molecule has 0 aliphatic carbocycles. The van der Waals surface area contributed by atoms with Crippen LogP contribution in [-0.2, 0) is 9.53 Å². The molecule has 1 atom stereocenters. The highest BCUT2D eigenvalue weighted by Gasteiger charge is 2.25. The Morgan fingerprint density at radius 2 is 1.73 bits per heavy atom. The SMILES string of the molecule is CC(C)(C)OC(=O)N[C@H](CC(=O)O)c1cc(F)c(F)cc1F. The average Bonchev–Trinajstić information content (AvgIpc) is 2.29. The molecule has 0 bridgehead atoms. The van der Waals surface area contributed by atoms with E-state index in [0.29, 0.717) is 6.07 Å². The maximum Gasteiger partial charge on any atom is 0.408 e. The first kappa shape index (κ1) is 17.8. The second-order valence-corrected chi connectivity index (χ2v) is 5.58. The molecule has 0 unspecified atom stereocenters. The molecule has 1 aromatic rings. The third-order valence-electron chi connectivity index (χ3n) is 2.48. The Balaban J connectivity index is 3.06.